The van der Waals surface area contributed by atoms with Crippen molar-refractivity contribution in [3.05, 3.63) is 40.5 Å². The standard InChI is InChI=1S/C20H18N4O2S2/c1-21-19(26)11-3-5-13-15(6-11)28-20-17(13)18(22-9-23-20)24-12-4-2-10-7-16(25)27-14(10)8-12/h2,4,8-9,11H,3,5-7H2,1H3,(H,21,26)(H,22,23,24). The monoisotopic (exact) mass is 410 g/mol. The summed E-state index contributed by atoms with van der Waals surface area (Å²) in [6.07, 6.45) is 4.53. The molecule has 0 bridgehead atoms. The van der Waals surface area contributed by atoms with Crippen molar-refractivity contribution in [1.82, 2.24) is 15.3 Å². The molecular formula is C20H18N4O2S2. The molecule has 3 aromatic rings. The van der Waals surface area contributed by atoms with Gasteiger partial charge in [0.1, 0.15) is 17.0 Å². The highest BCUT2D eigenvalue weighted by molar-refractivity contribution is 8.14. The highest BCUT2D eigenvalue weighted by atomic mass is 32.2. The molecule has 0 saturated carbocycles. The molecule has 0 fully saturated rings. The van der Waals surface area contributed by atoms with Gasteiger partial charge in [-0.3, -0.25) is 9.59 Å². The molecule has 2 N–H and O–H groups in total. The first-order valence-corrected chi connectivity index (χ1v) is 10.8. The Morgan fingerprint density at radius 2 is 2.18 bits per heavy atom. The third kappa shape index (κ3) is 2.97. The number of aromatic nitrogens is 2. The number of carbonyl (C=O) groups excluding carboxylic acids is 2. The highest BCUT2D eigenvalue weighted by Gasteiger charge is 2.28. The van der Waals surface area contributed by atoms with Gasteiger partial charge in [-0.15, -0.1) is 11.3 Å². The van der Waals surface area contributed by atoms with Crippen molar-refractivity contribution in [2.75, 3.05) is 12.4 Å². The van der Waals surface area contributed by atoms with Gasteiger partial charge >= 0.3 is 0 Å². The summed E-state index contributed by atoms with van der Waals surface area (Å²) >= 11 is 2.96. The largest absolute Gasteiger partial charge is 0.359 e. The van der Waals surface area contributed by atoms with Crippen molar-refractivity contribution in [2.45, 2.75) is 30.6 Å². The third-order valence-corrected chi connectivity index (χ3v) is 7.49. The van der Waals surface area contributed by atoms with Crippen molar-refractivity contribution in [3.63, 3.8) is 0 Å². The molecule has 1 amide bonds. The van der Waals surface area contributed by atoms with Crippen molar-refractivity contribution in [2.24, 2.45) is 5.92 Å². The molecule has 0 saturated heterocycles. The molecule has 8 heteroatoms. The maximum Gasteiger partial charge on any atom is 0.223 e. The number of hydrogen-bond donors (Lipinski definition) is 2. The van der Waals surface area contributed by atoms with Crippen LogP contribution in [0.25, 0.3) is 10.2 Å². The second-order valence-electron chi connectivity index (χ2n) is 7.06. The summed E-state index contributed by atoms with van der Waals surface area (Å²) in [5, 5.41) is 7.44. The third-order valence-electron chi connectivity index (χ3n) is 5.35. The molecule has 1 aliphatic carbocycles. The predicted octanol–water partition coefficient (Wildman–Crippen LogP) is 3.46. The number of thioether (sulfide) groups is 1. The molecular weight excluding hydrogens is 392 g/mol. The molecule has 28 heavy (non-hydrogen) atoms. The molecule has 2 aliphatic rings. The van der Waals surface area contributed by atoms with E-state index in [9.17, 15) is 9.59 Å². The molecule has 2 aromatic heterocycles. The van der Waals surface area contributed by atoms with Crippen LogP contribution in [0, 0.1) is 5.92 Å². The zero-order chi connectivity index (χ0) is 19.3. The number of fused-ring (bicyclic) bond motifs is 4. The SMILES string of the molecule is CNC(=O)C1CCc2c(sc3ncnc(Nc4ccc5c(c4)SC(=O)C5)c23)C1. The van der Waals surface area contributed by atoms with E-state index in [4.69, 9.17) is 0 Å². The molecule has 1 atom stereocenters. The number of thiophene rings is 1. The Morgan fingerprint density at radius 1 is 1.29 bits per heavy atom. The van der Waals surface area contributed by atoms with Crippen LogP contribution in [-0.2, 0) is 28.9 Å². The lowest BCUT2D eigenvalue weighted by Crippen LogP contribution is -2.31. The summed E-state index contributed by atoms with van der Waals surface area (Å²) in [4.78, 5) is 35.9. The molecule has 1 aromatic carbocycles. The summed E-state index contributed by atoms with van der Waals surface area (Å²) in [5.74, 6) is 0.925. The van der Waals surface area contributed by atoms with Crippen molar-refractivity contribution >= 4 is 55.8 Å². The smallest absolute Gasteiger partial charge is 0.223 e. The second-order valence-corrected chi connectivity index (χ2v) is 9.24. The Balaban J connectivity index is 1.50. The van der Waals surface area contributed by atoms with E-state index in [1.54, 1.807) is 24.7 Å². The van der Waals surface area contributed by atoms with Crippen LogP contribution in [0.5, 0.6) is 0 Å². The Kier molecular flexibility index (Phi) is 4.32. The number of carbonyl (C=O) groups is 2. The van der Waals surface area contributed by atoms with Crippen LogP contribution in [-0.4, -0.2) is 28.0 Å². The van der Waals surface area contributed by atoms with Gasteiger partial charge in [0.25, 0.3) is 0 Å². The summed E-state index contributed by atoms with van der Waals surface area (Å²) < 4.78 is 0. The lowest BCUT2D eigenvalue weighted by molar-refractivity contribution is -0.124. The number of hydrogen-bond acceptors (Lipinski definition) is 7. The molecule has 1 aliphatic heterocycles. The average Bonchev–Trinajstić information content (AvgIpc) is 3.26. The van der Waals surface area contributed by atoms with Crippen LogP contribution in [0.1, 0.15) is 22.4 Å². The van der Waals surface area contributed by atoms with E-state index in [1.807, 2.05) is 18.2 Å². The van der Waals surface area contributed by atoms with Crippen LogP contribution in [0.3, 0.4) is 0 Å². The first kappa shape index (κ1) is 17.6. The molecule has 0 radical (unpaired) electrons. The second kappa shape index (κ2) is 6.86. The Morgan fingerprint density at radius 3 is 3.04 bits per heavy atom. The fourth-order valence-corrected chi connectivity index (χ4v) is 6.15. The summed E-state index contributed by atoms with van der Waals surface area (Å²) in [6.45, 7) is 0. The number of nitrogens with zero attached hydrogens (tertiary/aromatic N) is 2. The molecule has 1 unspecified atom stereocenters. The van der Waals surface area contributed by atoms with Crippen LogP contribution in [0.15, 0.2) is 29.4 Å². The zero-order valence-corrected chi connectivity index (χ0v) is 16.9. The average molecular weight is 411 g/mol. The van der Waals surface area contributed by atoms with Gasteiger partial charge in [-0.2, -0.15) is 0 Å². The van der Waals surface area contributed by atoms with Gasteiger partial charge in [-0.1, -0.05) is 17.8 Å². The fourth-order valence-electron chi connectivity index (χ4n) is 3.96. The summed E-state index contributed by atoms with van der Waals surface area (Å²) in [7, 11) is 1.69. The van der Waals surface area contributed by atoms with Crippen LogP contribution < -0.4 is 10.6 Å². The van der Waals surface area contributed by atoms with E-state index in [0.29, 0.717) is 6.42 Å². The normalized spacial score (nSPS) is 18.0. The van der Waals surface area contributed by atoms with E-state index >= 15 is 0 Å². The number of amides is 1. The van der Waals surface area contributed by atoms with E-state index < -0.39 is 0 Å². The van der Waals surface area contributed by atoms with Gasteiger partial charge in [-0.25, -0.2) is 9.97 Å². The minimum absolute atomic E-state index is 0.0289. The molecule has 3 heterocycles. The number of nitrogens with one attached hydrogen (secondary N) is 2. The van der Waals surface area contributed by atoms with Crippen LogP contribution >= 0.6 is 23.1 Å². The van der Waals surface area contributed by atoms with E-state index in [2.05, 4.69) is 20.6 Å². The van der Waals surface area contributed by atoms with E-state index in [1.165, 1.54) is 22.2 Å². The van der Waals surface area contributed by atoms with Crippen molar-refractivity contribution in [3.8, 4) is 0 Å². The maximum atomic E-state index is 12.0. The van der Waals surface area contributed by atoms with E-state index in [0.717, 1.165) is 51.4 Å². The summed E-state index contributed by atoms with van der Waals surface area (Å²) in [5.41, 5.74) is 3.26. The Labute approximate surface area is 170 Å². The van der Waals surface area contributed by atoms with Gasteiger partial charge in [0.15, 0.2) is 5.12 Å². The minimum atomic E-state index is 0.0289. The predicted molar refractivity (Wildman–Crippen MR) is 111 cm³/mol. The Bertz CT molecular complexity index is 1120. The quantitative estimate of drug-likeness (QED) is 0.688. The van der Waals surface area contributed by atoms with E-state index in [-0.39, 0.29) is 16.9 Å². The van der Waals surface area contributed by atoms with Crippen molar-refractivity contribution in [1.29, 1.82) is 0 Å². The fraction of sp³-hybridized carbons (Fsp3) is 0.300. The number of anilines is 2. The topological polar surface area (TPSA) is 84.0 Å². The number of rotatable bonds is 3. The zero-order valence-electron chi connectivity index (χ0n) is 15.2. The van der Waals surface area contributed by atoms with Gasteiger partial charge in [0.05, 0.1) is 5.39 Å². The summed E-state index contributed by atoms with van der Waals surface area (Å²) in [6, 6.07) is 6.01. The number of benzene rings is 1. The molecule has 6 nitrogen and oxygen atoms in total. The lowest BCUT2D eigenvalue weighted by Gasteiger charge is -2.21. The maximum absolute atomic E-state index is 12.0. The van der Waals surface area contributed by atoms with Crippen molar-refractivity contribution < 1.29 is 9.59 Å². The van der Waals surface area contributed by atoms with Crippen LogP contribution in [0.4, 0.5) is 11.5 Å². The van der Waals surface area contributed by atoms with Crippen LogP contribution in [0.2, 0.25) is 0 Å². The van der Waals surface area contributed by atoms with Gasteiger partial charge in [-0.05, 0) is 42.5 Å². The minimum Gasteiger partial charge on any atom is -0.359 e. The number of aryl methyl sites for hydroxylation is 1. The van der Waals surface area contributed by atoms with Gasteiger partial charge < -0.3 is 10.6 Å². The lowest BCUT2D eigenvalue weighted by atomic mass is 9.87. The highest BCUT2D eigenvalue weighted by Crippen LogP contribution is 2.41. The van der Waals surface area contributed by atoms with Gasteiger partial charge in [0, 0.05) is 34.8 Å². The van der Waals surface area contributed by atoms with Gasteiger partial charge in [0.2, 0.25) is 5.91 Å². The Hall–Kier alpha value is -2.45. The molecule has 142 valence electrons. The first-order valence-electron chi connectivity index (χ1n) is 9.20. The molecule has 5 rings (SSSR count). The molecule has 0 spiro atoms. The first-order chi connectivity index (χ1) is 13.6.